The van der Waals surface area contributed by atoms with Crippen LogP contribution in [0, 0.1) is 5.92 Å². The van der Waals surface area contributed by atoms with Gasteiger partial charge in [-0.25, -0.2) is 0 Å². The van der Waals surface area contributed by atoms with Crippen LogP contribution in [0.15, 0.2) is 22.7 Å². The van der Waals surface area contributed by atoms with E-state index >= 15 is 0 Å². The van der Waals surface area contributed by atoms with Gasteiger partial charge in [-0.1, -0.05) is 49.0 Å². The van der Waals surface area contributed by atoms with E-state index in [1.807, 2.05) is 6.07 Å². The summed E-state index contributed by atoms with van der Waals surface area (Å²) in [5, 5.41) is 0. The highest BCUT2D eigenvalue weighted by Gasteiger charge is 2.12. The monoisotopic (exact) mass is 312 g/mol. The third kappa shape index (κ3) is 4.52. The van der Waals surface area contributed by atoms with E-state index in [0.717, 1.165) is 28.3 Å². The third-order valence-corrected chi connectivity index (χ3v) is 3.97. The summed E-state index contributed by atoms with van der Waals surface area (Å²) in [6, 6.07) is 6.11. The fourth-order valence-corrected chi connectivity index (χ4v) is 2.65. The lowest BCUT2D eigenvalue weighted by Crippen LogP contribution is -2.25. The third-order valence-electron chi connectivity index (χ3n) is 3.48. The van der Waals surface area contributed by atoms with E-state index < -0.39 is 0 Å². The molecule has 0 aromatic heterocycles. The Hall–Kier alpha value is -0.700. The number of nitrogen functional groups attached to an aromatic ring is 1. The Morgan fingerprint density at radius 2 is 2.06 bits per heavy atom. The second kappa shape index (κ2) is 7.67. The molecule has 0 saturated carbocycles. The van der Waals surface area contributed by atoms with Crippen molar-refractivity contribution in [3.05, 3.63) is 22.7 Å². The highest BCUT2D eigenvalue weighted by atomic mass is 79.9. The van der Waals surface area contributed by atoms with Gasteiger partial charge in [-0.05, 0) is 30.5 Å². The molecule has 0 spiro atoms. The molecule has 0 saturated heterocycles. The van der Waals surface area contributed by atoms with Gasteiger partial charge >= 0.3 is 0 Å². The molecule has 1 unspecified atom stereocenters. The first-order valence-corrected chi connectivity index (χ1v) is 7.63. The second-order valence-corrected chi connectivity index (χ2v) is 5.92. The zero-order valence-electron chi connectivity index (χ0n) is 11.7. The summed E-state index contributed by atoms with van der Waals surface area (Å²) in [5.41, 5.74) is 8.05. The number of anilines is 2. The van der Waals surface area contributed by atoms with E-state index in [-0.39, 0.29) is 0 Å². The van der Waals surface area contributed by atoms with Crippen molar-refractivity contribution in [2.45, 2.75) is 39.5 Å². The maximum atomic E-state index is 6.07. The van der Waals surface area contributed by atoms with E-state index in [4.69, 9.17) is 5.73 Å². The van der Waals surface area contributed by atoms with Gasteiger partial charge < -0.3 is 10.6 Å². The second-order valence-electron chi connectivity index (χ2n) is 5.00. The molecule has 0 bridgehead atoms. The van der Waals surface area contributed by atoms with Crippen LogP contribution in [-0.4, -0.2) is 13.6 Å². The fourth-order valence-electron chi connectivity index (χ4n) is 2.28. The predicted molar refractivity (Wildman–Crippen MR) is 85.1 cm³/mol. The Bertz CT molecular complexity index is 366. The molecule has 2 N–H and O–H groups in total. The van der Waals surface area contributed by atoms with Crippen molar-refractivity contribution in [2.75, 3.05) is 24.2 Å². The standard InChI is InChI=1S/C15H25BrN2/c1-4-6-7-12(5-2)11-18(3)15-9-8-13(16)10-14(15)17/h8-10,12H,4-7,11,17H2,1-3H3. The number of halogens is 1. The number of nitrogens with zero attached hydrogens (tertiary/aromatic N) is 1. The summed E-state index contributed by atoms with van der Waals surface area (Å²) in [4.78, 5) is 2.28. The molecule has 0 amide bonds. The Balaban J connectivity index is 2.65. The maximum absolute atomic E-state index is 6.07. The molecule has 18 heavy (non-hydrogen) atoms. The molecular weight excluding hydrogens is 288 g/mol. The van der Waals surface area contributed by atoms with Crippen molar-refractivity contribution in [3.63, 3.8) is 0 Å². The van der Waals surface area contributed by atoms with Crippen molar-refractivity contribution in [1.29, 1.82) is 0 Å². The van der Waals surface area contributed by atoms with E-state index in [1.165, 1.54) is 25.7 Å². The minimum atomic E-state index is 0.762. The lowest BCUT2D eigenvalue weighted by atomic mass is 9.98. The lowest BCUT2D eigenvalue weighted by Gasteiger charge is -2.26. The zero-order chi connectivity index (χ0) is 13.5. The molecule has 102 valence electrons. The molecule has 0 heterocycles. The summed E-state index contributed by atoms with van der Waals surface area (Å²) in [6.45, 7) is 5.62. The van der Waals surface area contributed by atoms with Crippen LogP contribution in [0.3, 0.4) is 0 Å². The molecule has 0 aliphatic heterocycles. The van der Waals surface area contributed by atoms with Gasteiger partial charge in [-0.2, -0.15) is 0 Å². The average Bonchev–Trinajstić information content (AvgIpc) is 2.34. The van der Waals surface area contributed by atoms with Crippen molar-refractivity contribution in [2.24, 2.45) is 5.92 Å². The first-order valence-electron chi connectivity index (χ1n) is 6.84. The first-order chi connectivity index (χ1) is 8.58. The lowest BCUT2D eigenvalue weighted by molar-refractivity contribution is 0.454. The Labute approximate surface area is 120 Å². The quantitative estimate of drug-likeness (QED) is 0.740. The molecule has 2 nitrogen and oxygen atoms in total. The van der Waals surface area contributed by atoms with Crippen LogP contribution < -0.4 is 10.6 Å². The number of hydrogen-bond donors (Lipinski definition) is 1. The van der Waals surface area contributed by atoms with E-state index in [0.29, 0.717) is 0 Å². The van der Waals surface area contributed by atoms with Gasteiger partial charge in [0.25, 0.3) is 0 Å². The smallest absolute Gasteiger partial charge is 0.0598 e. The van der Waals surface area contributed by atoms with Crippen molar-refractivity contribution in [1.82, 2.24) is 0 Å². The van der Waals surface area contributed by atoms with E-state index in [9.17, 15) is 0 Å². The fraction of sp³-hybridized carbons (Fsp3) is 0.600. The van der Waals surface area contributed by atoms with Gasteiger partial charge in [-0.3, -0.25) is 0 Å². The molecule has 0 aliphatic carbocycles. The average molecular weight is 313 g/mol. The SMILES string of the molecule is CCCCC(CC)CN(C)c1ccc(Br)cc1N. The van der Waals surface area contributed by atoms with Crippen molar-refractivity contribution < 1.29 is 0 Å². The van der Waals surface area contributed by atoms with Gasteiger partial charge in [0.2, 0.25) is 0 Å². The van der Waals surface area contributed by atoms with Crippen LogP contribution in [0.2, 0.25) is 0 Å². The topological polar surface area (TPSA) is 29.3 Å². The van der Waals surface area contributed by atoms with E-state index in [2.05, 4.69) is 53.9 Å². The molecule has 3 heteroatoms. The Morgan fingerprint density at radius 3 is 2.61 bits per heavy atom. The predicted octanol–water partition coefficient (Wildman–Crippen LogP) is 4.68. The largest absolute Gasteiger partial charge is 0.397 e. The van der Waals surface area contributed by atoms with Crippen molar-refractivity contribution in [3.8, 4) is 0 Å². The van der Waals surface area contributed by atoms with Gasteiger partial charge in [0.05, 0.1) is 11.4 Å². The molecule has 1 aromatic carbocycles. The molecular formula is C15H25BrN2. The molecule has 1 rings (SSSR count). The van der Waals surface area contributed by atoms with Gasteiger partial charge in [0.15, 0.2) is 0 Å². The van der Waals surface area contributed by atoms with Crippen LogP contribution in [0.1, 0.15) is 39.5 Å². The van der Waals surface area contributed by atoms with Crippen LogP contribution >= 0.6 is 15.9 Å². The van der Waals surface area contributed by atoms with Crippen molar-refractivity contribution >= 4 is 27.3 Å². The summed E-state index contributed by atoms with van der Waals surface area (Å²) in [6.07, 6.45) is 5.15. The maximum Gasteiger partial charge on any atom is 0.0598 e. The highest BCUT2D eigenvalue weighted by Crippen LogP contribution is 2.27. The number of hydrogen-bond acceptors (Lipinski definition) is 2. The first kappa shape index (κ1) is 15.4. The van der Waals surface area contributed by atoms with Gasteiger partial charge in [0.1, 0.15) is 0 Å². The summed E-state index contributed by atoms with van der Waals surface area (Å²) in [7, 11) is 2.13. The Kier molecular flexibility index (Phi) is 6.55. The number of rotatable bonds is 7. The number of benzene rings is 1. The molecule has 1 atom stereocenters. The molecule has 0 fully saturated rings. The van der Waals surface area contributed by atoms with E-state index in [1.54, 1.807) is 0 Å². The minimum absolute atomic E-state index is 0.762. The minimum Gasteiger partial charge on any atom is -0.397 e. The Morgan fingerprint density at radius 1 is 1.33 bits per heavy atom. The molecule has 1 aromatic rings. The molecule has 0 radical (unpaired) electrons. The number of unbranched alkanes of at least 4 members (excludes halogenated alkanes) is 1. The summed E-state index contributed by atoms with van der Waals surface area (Å²) < 4.78 is 1.04. The highest BCUT2D eigenvalue weighted by molar-refractivity contribution is 9.10. The van der Waals surface area contributed by atoms with Crippen LogP contribution in [0.5, 0.6) is 0 Å². The molecule has 0 aliphatic rings. The van der Waals surface area contributed by atoms with Gasteiger partial charge in [0, 0.05) is 18.1 Å². The van der Waals surface area contributed by atoms with Gasteiger partial charge in [-0.15, -0.1) is 0 Å². The number of nitrogens with two attached hydrogens (primary N) is 1. The summed E-state index contributed by atoms with van der Waals surface area (Å²) >= 11 is 3.45. The normalized spacial score (nSPS) is 12.4. The van der Waals surface area contributed by atoms with Crippen LogP contribution in [-0.2, 0) is 0 Å². The zero-order valence-corrected chi connectivity index (χ0v) is 13.3. The van der Waals surface area contributed by atoms with Crippen LogP contribution in [0.25, 0.3) is 0 Å². The van der Waals surface area contributed by atoms with Crippen LogP contribution in [0.4, 0.5) is 11.4 Å². The summed E-state index contributed by atoms with van der Waals surface area (Å²) in [5.74, 6) is 0.762.